The Morgan fingerprint density at radius 1 is 1.35 bits per heavy atom. The van der Waals surface area contributed by atoms with Crippen molar-refractivity contribution in [3.05, 3.63) is 0 Å². The Hall–Kier alpha value is -1.24. The lowest BCUT2D eigenvalue weighted by atomic mass is 9.81. The van der Waals surface area contributed by atoms with E-state index in [-0.39, 0.29) is 0 Å². The molecule has 0 aromatic rings. The maximum absolute atomic E-state index is 12.3. The monoisotopic (exact) mass is 293 g/mol. The Bertz CT molecular complexity index is 343. The maximum atomic E-state index is 12.3. The minimum absolute atomic E-state index is 0.389. The number of ether oxygens (including phenoxy) is 1. The quantitative estimate of drug-likeness (QED) is 0.715. The molecule has 1 unspecified atom stereocenters. The standard InChI is InChI=1S/C13H21F2NO4/c1-20-7-6-13(4-2-3-5-13)12(19)16-9(11(17)18)8-10(14)15/h9-10H,2-8H2,1H3,(H,16,19)(H,17,18). The highest BCUT2D eigenvalue weighted by Gasteiger charge is 2.42. The summed E-state index contributed by atoms with van der Waals surface area (Å²) in [5.41, 5.74) is -0.675. The van der Waals surface area contributed by atoms with Crippen LogP contribution < -0.4 is 5.32 Å². The van der Waals surface area contributed by atoms with Gasteiger partial charge in [0.1, 0.15) is 6.04 Å². The zero-order valence-corrected chi connectivity index (χ0v) is 11.5. The third-order valence-electron chi connectivity index (χ3n) is 3.84. The van der Waals surface area contributed by atoms with Crippen LogP contribution in [0.3, 0.4) is 0 Å². The van der Waals surface area contributed by atoms with E-state index in [2.05, 4.69) is 5.32 Å². The average Bonchev–Trinajstić information content (AvgIpc) is 2.84. The molecule has 7 heteroatoms. The Morgan fingerprint density at radius 3 is 2.40 bits per heavy atom. The summed E-state index contributed by atoms with van der Waals surface area (Å²) in [6.07, 6.45) is -0.118. The molecule has 0 radical (unpaired) electrons. The van der Waals surface area contributed by atoms with Crippen LogP contribution in [0.1, 0.15) is 38.5 Å². The normalized spacial score (nSPS) is 19.0. The van der Waals surface area contributed by atoms with E-state index in [0.717, 1.165) is 12.8 Å². The maximum Gasteiger partial charge on any atom is 0.326 e. The van der Waals surface area contributed by atoms with Crippen molar-refractivity contribution >= 4 is 11.9 Å². The first-order valence-electron chi connectivity index (χ1n) is 6.72. The fourth-order valence-corrected chi connectivity index (χ4v) is 2.65. The molecule has 2 N–H and O–H groups in total. The van der Waals surface area contributed by atoms with Gasteiger partial charge in [-0.1, -0.05) is 12.8 Å². The number of hydrogen-bond acceptors (Lipinski definition) is 3. The first-order chi connectivity index (χ1) is 9.41. The summed E-state index contributed by atoms with van der Waals surface area (Å²) in [6.45, 7) is 0.389. The third-order valence-corrected chi connectivity index (χ3v) is 3.84. The average molecular weight is 293 g/mol. The van der Waals surface area contributed by atoms with Gasteiger partial charge in [0.25, 0.3) is 0 Å². The van der Waals surface area contributed by atoms with Gasteiger partial charge in [-0.05, 0) is 19.3 Å². The van der Waals surface area contributed by atoms with Crippen LogP contribution in [0.15, 0.2) is 0 Å². The van der Waals surface area contributed by atoms with Crippen molar-refractivity contribution in [1.29, 1.82) is 0 Å². The van der Waals surface area contributed by atoms with Crippen LogP contribution in [0.25, 0.3) is 0 Å². The Kier molecular flexibility index (Phi) is 6.32. The molecule has 1 aliphatic carbocycles. The van der Waals surface area contributed by atoms with Crippen molar-refractivity contribution in [1.82, 2.24) is 5.32 Å². The topological polar surface area (TPSA) is 75.6 Å². The van der Waals surface area contributed by atoms with Gasteiger partial charge < -0.3 is 15.2 Å². The van der Waals surface area contributed by atoms with Gasteiger partial charge in [-0.2, -0.15) is 0 Å². The molecule has 116 valence electrons. The number of carbonyl (C=O) groups excluding carboxylic acids is 1. The molecule has 0 aromatic heterocycles. The van der Waals surface area contributed by atoms with Gasteiger partial charge >= 0.3 is 5.97 Å². The Labute approximate surface area is 116 Å². The number of hydrogen-bond donors (Lipinski definition) is 2. The zero-order valence-electron chi connectivity index (χ0n) is 11.5. The molecule has 1 saturated carbocycles. The number of nitrogens with one attached hydrogen (secondary N) is 1. The number of carbonyl (C=O) groups is 2. The fourth-order valence-electron chi connectivity index (χ4n) is 2.65. The lowest BCUT2D eigenvalue weighted by molar-refractivity contribution is -0.145. The van der Waals surface area contributed by atoms with Crippen LogP contribution in [0.2, 0.25) is 0 Å². The molecular weight excluding hydrogens is 272 g/mol. The first kappa shape index (κ1) is 16.8. The molecule has 5 nitrogen and oxygen atoms in total. The van der Waals surface area contributed by atoms with E-state index in [4.69, 9.17) is 9.84 Å². The molecule has 0 bridgehead atoms. The van der Waals surface area contributed by atoms with Crippen LogP contribution in [0.5, 0.6) is 0 Å². The molecule has 1 aliphatic rings. The van der Waals surface area contributed by atoms with Gasteiger partial charge in [0.2, 0.25) is 12.3 Å². The van der Waals surface area contributed by atoms with Crippen LogP contribution in [0, 0.1) is 5.41 Å². The fraction of sp³-hybridized carbons (Fsp3) is 0.846. The van der Waals surface area contributed by atoms with E-state index < -0.39 is 36.2 Å². The molecule has 1 fully saturated rings. The number of amides is 1. The lowest BCUT2D eigenvalue weighted by Crippen LogP contribution is -2.48. The predicted molar refractivity (Wildman–Crippen MR) is 67.6 cm³/mol. The SMILES string of the molecule is COCCC1(C(=O)NC(CC(F)F)C(=O)O)CCCC1. The minimum atomic E-state index is -2.77. The zero-order chi connectivity index (χ0) is 15.2. The van der Waals surface area contributed by atoms with Crippen molar-refractivity contribution in [2.45, 2.75) is 51.0 Å². The number of alkyl halides is 2. The lowest BCUT2D eigenvalue weighted by Gasteiger charge is -2.29. The van der Waals surface area contributed by atoms with E-state index >= 15 is 0 Å². The van der Waals surface area contributed by atoms with Crippen molar-refractivity contribution in [2.24, 2.45) is 5.41 Å². The van der Waals surface area contributed by atoms with Gasteiger partial charge in [-0.25, -0.2) is 13.6 Å². The van der Waals surface area contributed by atoms with Gasteiger partial charge in [0, 0.05) is 20.1 Å². The van der Waals surface area contributed by atoms with E-state index in [1.165, 1.54) is 7.11 Å². The third kappa shape index (κ3) is 4.40. The van der Waals surface area contributed by atoms with Crippen LogP contribution in [-0.4, -0.2) is 43.2 Å². The van der Waals surface area contributed by atoms with Gasteiger partial charge in [0.05, 0.1) is 5.41 Å². The number of carboxylic acids is 1. The number of halogens is 2. The number of carboxylic acid groups (broad SMARTS) is 1. The second kappa shape index (κ2) is 7.52. The highest BCUT2D eigenvalue weighted by atomic mass is 19.3. The second-order valence-corrected chi connectivity index (χ2v) is 5.22. The molecule has 1 amide bonds. The van der Waals surface area contributed by atoms with E-state index in [9.17, 15) is 18.4 Å². The van der Waals surface area contributed by atoms with Crippen LogP contribution >= 0.6 is 0 Å². The summed E-state index contributed by atoms with van der Waals surface area (Å²) in [4.78, 5) is 23.2. The van der Waals surface area contributed by atoms with Gasteiger partial charge in [-0.15, -0.1) is 0 Å². The summed E-state index contributed by atoms with van der Waals surface area (Å²) in [5, 5.41) is 11.2. The second-order valence-electron chi connectivity index (χ2n) is 5.22. The van der Waals surface area contributed by atoms with E-state index in [0.29, 0.717) is 25.9 Å². The van der Waals surface area contributed by atoms with Crippen molar-refractivity contribution < 1.29 is 28.2 Å². The molecular formula is C13H21F2NO4. The Morgan fingerprint density at radius 2 is 1.95 bits per heavy atom. The smallest absolute Gasteiger partial charge is 0.326 e. The molecule has 0 heterocycles. The Balaban J connectivity index is 2.71. The largest absolute Gasteiger partial charge is 0.480 e. The summed E-state index contributed by atoms with van der Waals surface area (Å²) >= 11 is 0. The van der Waals surface area contributed by atoms with Crippen molar-refractivity contribution in [3.8, 4) is 0 Å². The van der Waals surface area contributed by atoms with Gasteiger partial charge in [-0.3, -0.25) is 4.79 Å². The summed E-state index contributed by atoms with van der Waals surface area (Å²) in [7, 11) is 1.53. The molecule has 1 rings (SSSR count). The van der Waals surface area contributed by atoms with Crippen molar-refractivity contribution in [3.63, 3.8) is 0 Å². The molecule has 0 aliphatic heterocycles. The first-order valence-corrected chi connectivity index (χ1v) is 6.72. The summed E-state index contributed by atoms with van der Waals surface area (Å²) < 4.78 is 29.7. The van der Waals surface area contributed by atoms with Gasteiger partial charge in [0.15, 0.2) is 0 Å². The molecule has 1 atom stereocenters. The van der Waals surface area contributed by atoms with Crippen LogP contribution in [-0.2, 0) is 14.3 Å². The predicted octanol–water partition coefficient (Wildman–Crippen LogP) is 1.81. The molecule has 20 heavy (non-hydrogen) atoms. The summed E-state index contributed by atoms with van der Waals surface area (Å²) in [5.74, 6) is -1.88. The van der Waals surface area contributed by atoms with E-state index in [1.54, 1.807) is 0 Å². The van der Waals surface area contributed by atoms with E-state index in [1.807, 2.05) is 0 Å². The minimum Gasteiger partial charge on any atom is -0.480 e. The summed E-state index contributed by atoms with van der Waals surface area (Å²) in [6, 6.07) is -1.54. The number of methoxy groups -OCH3 is 1. The number of aliphatic carboxylic acids is 1. The molecule has 0 saturated heterocycles. The number of rotatable bonds is 8. The molecule has 0 aromatic carbocycles. The highest BCUT2D eigenvalue weighted by molar-refractivity contribution is 5.87. The highest BCUT2D eigenvalue weighted by Crippen LogP contribution is 2.41. The van der Waals surface area contributed by atoms with Crippen LogP contribution in [0.4, 0.5) is 8.78 Å². The molecule has 0 spiro atoms. The van der Waals surface area contributed by atoms with Crippen molar-refractivity contribution in [2.75, 3.05) is 13.7 Å².